The van der Waals surface area contributed by atoms with E-state index in [4.69, 9.17) is 0 Å². The number of likely N-dealkylation sites (tertiary alicyclic amines) is 1. The van der Waals surface area contributed by atoms with Gasteiger partial charge >= 0.3 is 6.18 Å². The minimum atomic E-state index is -4.27. The van der Waals surface area contributed by atoms with Crippen molar-refractivity contribution in [3.05, 3.63) is 29.1 Å². The lowest BCUT2D eigenvalue weighted by Crippen LogP contribution is -2.29. The van der Waals surface area contributed by atoms with Gasteiger partial charge in [-0.1, -0.05) is 6.42 Å². The highest BCUT2D eigenvalue weighted by Gasteiger charge is 2.34. The maximum atomic E-state index is 13.0. The average Bonchev–Trinajstić information content (AvgIpc) is 3.23. The van der Waals surface area contributed by atoms with E-state index in [0.29, 0.717) is 17.9 Å². The summed E-state index contributed by atoms with van der Waals surface area (Å²) in [4.78, 5) is 6.67. The van der Waals surface area contributed by atoms with Crippen molar-refractivity contribution in [1.82, 2.24) is 9.88 Å². The standard InChI is InChI=1S/C15H19F3N2/c16-15(17,18)12-8-13(10-20-6-2-1-3-7-20)19-14(9-12)11-4-5-11/h8-9,11H,1-7,10H2. The van der Waals surface area contributed by atoms with Gasteiger partial charge in [0.1, 0.15) is 0 Å². The van der Waals surface area contributed by atoms with Crippen molar-refractivity contribution < 1.29 is 13.2 Å². The van der Waals surface area contributed by atoms with Gasteiger partial charge in [-0.2, -0.15) is 13.2 Å². The van der Waals surface area contributed by atoms with Gasteiger partial charge in [-0.15, -0.1) is 0 Å². The smallest absolute Gasteiger partial charge is 0.298 e. The molecule has 2 nitrogen and oxygen atoms in total. The summed E-state index contributed by atoms with van der Waals surface area (Å²) in [5.41, 5.74) is 0.664. The summed E-state index contributed by atoms with van der Waals surface area (Å²) in [7, 11) is 0. The van der Waals surface area contributed by atoms with Crippen molar-refractivity contribution in [1.29, 1.82) is 0 Å². The predicted molar refractivity (Wildman–Crippen MR) is 70.3 cm³/mol. The maximum Gasteiger partial charge on any atom is 0.416 e. The molecule has 0 aromatic carbocycles. The number of hydrogen-bond donors (Lipinski definition) is 0. The van der Waals surface area contributed by atoms with Crippen molar-refractivity contribution in [2.75, 3.05) is 13.1 Å². The summed E-state index contributed by atoms with van der Waals surface area (Å²) in [6.45, 7) is 2.48. The molecule has 2 fully saturated rings. The molecule has 0 atom stereocenters. The van der Waals surface area contributed by atoms with Crippen molar-refractivity contribution in [2.24, 2.45) is 0 Å². The summed E-state index contributed by atoms with van der Waals surface area (Å²) >= 11 is 0. The van der Waals surface area contributed by atoms with Crippen LogP contribution in [0.25, 0.3) is 0 Å². The molecule has 1 saturated carbocycles. The monoisotopic (exact) mass is 284 g/mol. The molecule has 2 aliphatic rings. The molecule has 1 saturated heterocycles. The van der Waals surface area contributed by atoms with E-state index in [-0.39, 0.29) is 5.92 Å². The van der Waals surface area contributed by atoms with Gasteiger partial charge < -0.3 is 0 Å². The number of aromatic nitrogens is 1. The summed E-state index contributed by atoms with van der Waals surface area (Å²) in [5, 5.41) is 0. The van der Waals surface area contributed by atoms with Gasteiger partial charge in [-0.25, -0.2) is 0 Å². The number of nitrogens with zero attached hydrogens (tertiary/aromatic N) is 2. The molecule has 1 aliphatic carbocycles. The van der Waals surface area contributed by atoms with E-state index in [2.05, 4.69) is 9.88 Å². The summed E-state index contributed by atoms with van der Waals surface area (Å²) in [6.07, 6.45) is 1.15. The summed E-state index contributed by atoms with van der Waals surface area (Å²) < 4.78 is 38.9. The first-order valence-electron chi connectivity index (χ1n) is 7.33. The Labute approximate surface area is 117 Å². The van der Waals surface area contributed by atoms with Crippen molar-refractivity contribution in [2.45, 2.75) is 50.7 Å². The van der Waals surface area contributed by atoms with Crippen LogP contribution in [-0.2, 0) is 12.7 Å². The molecule has 5 heteroatoms. The van der Waals surface area contributed by atoms with Crippen LogP contribution in [0, 0.1) is 0 Å². The molecule has 0 unspecified atom stereocenters. The maximum absolute atomic E-state index is 13.0. The SMILES string of the molecule is FC(F)(F)c1cc(CN2CCCCC2)nc(C2CC2)c1. The van der Waals surface area contributed by atoms with Crippen LogP contribution in [0.2, 0.25) is 0 Å². The molecule has 2 heterocycles. The highest BCUT2D eigenvalue weighted by Crippen LogP contribution is 2.41. The van der Waals surface area contributed by atoms with E-state index >= 15 is 0 Å². The zero-order valence-corrected chi connectivity index (χ0v) is 11.4. The Hall–Kier alpha value is -1.10. The fourth-order valence-corrected chi connectivity index (χ4v) is 2.79. The van der Waals surface area contributed by atoms with Gasteiger partial charge in [0.05, 0.1) is 11.3 Å². The third-order valence-corrected chi connectivity index (χ3v) is 4.06. The molecule has 0 radical (unpaired) electrons. The highest BCUT2D eigenvalue weighted by atomic mass is 19.4. The molecule has 20 heavy (non-hydrogen) atoms. The lowest BCUT2D eigenvalue weighted by Gasteiger charge is -2.26. The quantitative estimate of drug-likeness (QED) is 0.835. The Morgan fingerprint density at radius 1 is 1.10 bits per heavy atom. The van der Waals surface area contributed by atoms with Crippen molar-refractivity contribution >= 4 is 0 Å². The number of pyridine rings is 1. The largest absolute Gasteiger partial charge is 0.416 e. The van der Waals surface area contributed by atoms with Crippen LogP contribution < -0.4 is 0 Å². The van der Waals surface area contributed by atoms with Crippen LogP contribution in [0.5, 0.6) is 0 Å². The lowest BCUT2D eigenvalue weighted by atomic mass is 10.1. The minimum absolute atomic E-state index is 0.248. The second-order valence-corrected chi connectivity index (χ2v) is 5.88. The summed E-state index contributed by atoms with van der Waals surface area (Å²) in [6, 6.07) is 2.46. The Bertz CT molecular complexity index is 474. The fourth-order valence-electron chi connectivity index (χ4n) is 2.79. The third-order valence-electron chi connectivity index (χ3n) is 4.06. The molecule has 0 N–H and O–H groups in total. The highest BCUT2D eigenvalue weighted by molar-refractivity contribution is 5.28. The molecule has 1 aromatic heterocycles. The van der Waals surface area contributed by atoms with Crippen LogP contribution in [0.4, 0.5) is 13.2 Å². The zero-order chi connectivity index (χ0) is 14.2. The van der Waals surface area contributed by atoms with E-state index in [1.165, 1.54) is 18.6 Å². The van der Waals surface area contributed by atoms with Gasteiger partial charge in [-0.3, -0.25) is 9.88 Å². The van der Waals surface area contributed by atoms with Crippen LogP contribution >= 0.6 is 0 Å². The van der Waals surface area contributed by atoms with Gasteiger partial charge in [0.15, 0.2) is 0 Å². The van der Waals surface area contributed by atoms with E-state index in [1.807, 2.05) is 0 Å². The van der Waals surface area contributed by atoms with Crippen molar-refractivity contribution in [3.63, 3.8) is 0 Å². The van der Waals surface area contributed by atoms with Gasteiger partial charge in [0.2, 0.25) is 0 Å². The third kappa shape index (κ3) is 3.32. The molecule has 0 amide bonds. The summed E-state index contributed by atoms with van der Waals surface area (Å²) in [5.74, 6) is 0.248. The number of hydrogen-bond acceptors (Lipinski definition) is 2. The van der Waals surface area contributed by atoms with Crippen LogP contribution in [0.3, 0.4) is 0 Å². The first kappa shape index (κ1) is 13.9. The molecule has 3 rings (SSSR count). The average molecular weight is 284 g/mol. The second-order valence-electron chi connectivity index (χ2n) is 5.88. The Balaban J connectivity index is 1.82. The molecule has 110 valence electrons. The predicted octanol–water partition coefficient (Wildman–Crippen LogP) is 3.96. The van der Waals surface area contributed by atoms with Gasteiger partial charge in [0, 0.05) is 18.2 Å². The molecular weight excluding hydrogens is 265 g/mol. The molecule has 1 aromatic rings. The van der Waals surface area contributed by atoms with Gasteiger partial charge in [-0.05, 0) is 50.9 Å². The first-order valence-corrected chi connectivity index (χ1v) is 7.33. The van der Waals surface area contributed by atoms with E-state index in [1.54, 1.807) is 0 Å². The topological polar surface area (TPSA) is 16.1 Å². The Morgan fingerprint density at radius 3 is 2.40 bits per heavy atom. The Morgan fingerprint density at radius 2 is 1.80 bits per heavy atom. The Kier molecular flexibility index (Phi) is 3.71. The van der Waals surface area contributed by atoms with E-state index in [0.717, 1.165) is 38.8 Å². The first-order chi connectivity index (χ1) is 9.52. The van der Waals surface area contributed by atoms with Crippen LogP contribution in [-0.4, -0.2) is 23.0 Å². The van der Waals surface area contributed by atoms with Crippen molar-refractivity contribution in [3.8, 4) is 0 Å². The molecule has 1 aliphatic heterocycles. The number of halogens is 3. The van der Waals surface area contributed by atoms with E-state index < -0.39 is 11.7 Å². The molecule has 0 bridgehead atoms. The second kappa shape index (κ2) is 5.35. The number of alkyl halides is 3. The zero-order valence-electron chi connectivity index (χ0n) is 11.4. The fraction of sp³-hybridized carbons (Fsp3) is 0.667. The number of rotatable bonds is 3. The normalized spacial score (nSPS) is 21.1. The van der Waals surface area contributed by atoms with Gasteiger partial charge in [0.25, 0.3) is 0 Å². The lowest BCUT2D eigenvalue weighted by molar-refractivity contribution is -0.137. The molecular formula is C15H19F3N2. The van der Waals surface area contributed by atoms with Crippen LogP contribution in [0.1, 0.15) is 55.0 Å². The van der Waals surface area contributed by atoms with E-state index in [9.17, 15) is 13.2 Å². The molecule has 0 spiro atoms. The minimum Gasteiger partial charge on any atom is -0.298 e. The van der Waals surface area contributed by atoms with Crippen LogP contribution in [0.15, 0.2) is 12.1 Å². The number of piperidine rings is 1.